The quantitative estimate of drug-likeness (QED) is 0.161. The number of fused-ring (bicyclic) bond motifs is 26. The maximum atomic E-state index is 6.55. The fourth-order valence-electron chi connectivity index (χ4n) is 20.1. The lowest BCUT2D eigenvalue weighted by atomic mass is 10.00. The third kappa shape index (κ3) is 14.0. The minimum atomic E-state index is 0.950. The summed E-state index contributed by atoms with van der Waals surface area (Å²) in [5.74, 6) is 0. The van der Waals surface area contributed by atoms with Crippen molar-refractivity contribution in [2.45, 2.75) is 55.4 Å². The molecule has 26 aromatic rings. The van der Waals surface area contributed by atoms with E-state index in [1.54, 1.807) is 0 Å². The van der Waals surface area contributed by atoms with Crippen LogP contribution < -0.4 is 22.8 Å². The Morgan fingerprint density at radius 2 is 0.588 bits per heavy atom. The van der Waals surface area contributed by atoms with E-state index >= 15 is 0 Å². The van der Waals surface area contributed by atoms with Crippen LogP contribution in [0.25, 0.3) is 228 Å². The molecule has 26 rings (SSSR count). The highest BCUT2D eigenvalue weighted by atomic mass is 32.1. The van der Waals surface area contributed by atoms with Gasteiger partial charge in [-0.15, -0.1) is 22.7 Å². The van der Waals surface area contributed by atoms with Gasteiger partial charge in [0.15, 0.2) is 31.0 Å². The van der Waals surface area contributed by atoms with Crippen LogP contribution in [0.3, 0.4) is 0 Å². The summed E-state index contributed by atoms with van der Waals surface area (Å²) in [6.45, 7) is 17.3. The number of aryl methyl sites for hydroxylation is 13. The van der Waals surface area contributed by atoms with Crippen LogP contribution in [0.15, 0.2) is 364 Å². The van der Waals surface area contributed by atoms with Gasteiger partial charge in [-0.3, -0.25) is 0 Å². The average Bonchev–Trinajstić information content (AvgIpc) is 1.47. The summed E-state index contributed by atoms with van der Waals surface area (Å²) >= 11 is 3.79. The third-order valence-electron chi connectivity index (χ3n) is 26.6. The number of pyridine rings is 5. The Morgan fingerprint density at radius 1 is 0.221 bits per heavy atom. The summed E-state index contributed by atoms with van der Waals surface area (Å²) in [6.07, 6.45) is 10.9. The van der Waals surface area contributed by atoms with Gasteiger partial charge >= 0.3 is 0 Å². The summed E-state index contributed by atoms with van der Waals surface area (Å²) in [5, 5.41) is 25.6. The fourth-order valence-corrected chi connectivity index (χ4v) is 22.5. The zero-order valence-corrected chi connectivity index (χ0v) is 77.2. The van der Waals surface area contributed by atoms with E-state index in [0.717, 1.165) is 83.6 Å². The summed E-state index contributed by atoms with van der Waals surface area (Å²) < 4.78 is 41.0. The summed E-state index contributed by atoms with van der Waals surface area (Å²) in [7, 11) is 10.5. The van der Waals surface area contributed by atoms with Gasteiger partial charge in [0.25, 0.3) is 22.8 Å². The van der Waals surface area contributed by atoms with Crippen molar-refractivity contribution < 1.29 is 40.5 Å². The van der Waals surface area contributed by atoms with Crippen LogP contribution >= 0.6 is 22.7 Å². The molecule has 632 valence electrons. The molecule has 0 aliphatic carbocycles. The molecule has 0 bridgehead atoms. The number of nitrogens with zero attached hydrogens (tertiary/aromatic N) is 5. The van der Waals surface area contributed by atoms with E-state index in [9.17, 15) is 0 Å². The van der Waals surface area contributed by atoms with Gasteiger partial charge in [-0.25, -0.2) is 0 Å². The van der Waals surface area contributed by atoms with Crippen LogP contribution in [0.4, 0.5) is 0 Å². The number of rotatable bonds is 5. The second-order valence-electron chi connectivity index (χ2n) is 35.2. The van der Waals surface area contributed by atoms with E-state index in [0.29, 0.717) is 0 Å². The van der Waals surface area contributed by atoms with Crippen molar-refractivity contribution in [1.29, 1.82) is 0 Å². The molecule has 11 heterocycles. The number of hydrogen-bond acceptors (Lipinski definition) is 6. The monoisotopic (exact) mass is 1730 g/mol. The van der Waals surface area contributed by atoms with Crippen LogP contribution in [0.2, 0.25) is 0 Å². The highest BCUT2D eigenvalue weighted by Gasteiger charge is 2.30. The number of benzene rings is 15. The first-order valence-corrected chi connectivity index (χ1v) is 46.4. The van der Waals surface area contributed by atoms with Gasteiger partial charge in [-0.05, 0) is 165 Å². The smallest absolute Gasteiger partial charge is 0.256 e. The molecule has 0 N–H and O–H groups in total. The predicted octanol–water partition coefficient (Wildman–Crippen LogP) is 30.3. The van der Waals surface area contributed by atoms with Crippen molar-refractivity contribution in [3.8, 4) is 56.3 Å². The van der Waals surface area contributed by atoms with E-state index in [4.69, 9.17) is 17.7 Å². The molecule has 0 saturated carbocycles. The summed E-state index contributed by atoms with van der Waals surface area (Å²) in [4.78, 5) is 1.38. The molecular formula is C120H96N5O4S2+5. The van der Waals surface area contributed by atoms with Gasteiger partial charge < -0.3 is 17.7 Å². The molecular weight excluding hydrogens is 1640 g/mol. The minimum absolute atomic E-state index is 0.950. The Balaban J connectivity index is 0.0000000959. The van der Waals surface area contributed by atoms with Crippen molar-refractivity contribution in [1.82, 2.24) is 0 Å². The van der Waals surface area contributed by atoms with Gasteiger partial charge in [-0.1, -0.05) is 248 Å². The molecule has 11 heteroatoms. The average molecular weight is 1740 g/mol. The Hall–Kier alpha value is -15.3. The Kier molecular flexibility index (Phi) is 20.4. The van der Waals surface area contributed by atoms with Crippen molar-refractivity contribution in [2.24, 2.45) is 35.2 Å². The zero-order valence-electron chi connectivity index (χ0n) is 75.6. The van der Waals surface area contributed by atoms with Crippen LogP contribution in [-0.4, -0.2) is 0 Å². The predicted molar refractivity (Wildman–Crippen MR) is 548 cm³/mol. The van der Waals surface area contributed by atoms with Gasteiger partial charge in [0.2, 0.25) is 28.0 Å². The number of hydrogen-bond donors (Lipinski definition) is 0. The van der Waals surface area contributed by atoms with E-state index in [-0.39, 0.29) is 0 Å². The lowest BCUT2D eigenvalue weighted by Gasteiger charge is -2.06. The van der Waals surface area contributed by atoms with Gasteiger partial charge in [0.05, 0.1) is 32.5 Å². The fraction of sp³-hybridized carbons (Fsp3) is 0.108. The first-order valence-electron chi connectivity index (χ1n) is 44.8. The molecule has 0 aliphatic rings. The SMILES string of the molecule is Cc1ccc(-c2c3oc4c5ccccc5ccc4c3cc[n+]2C)c(C)c1.Cc1ccc2c(ccc3c4cc[n+](C)c(-c5ccccc5C)c4oc23)c1.Cc1ccccc1-c1c2oc3c4ccccc4ccc3c2c(C)c[n+]1C.Cc1ccccc1-c1c2oc3c4ccccc4ccc3c2cc[n+]1C.Cc1sc2ccccc2c1-c1cc2c(c[n+]1C)sc1c3ccccc3ccc21. The number of aromatic nitrogens is 5. The number of furan rings is 4. The topological polar surface area (TPSA) is 72.0 Å². The third-order valence-corrected chi connectivity index (χ3v) is 28.9. The molecule has 0 aliphatic heterocycles. The molecule has 0 radical (unpaired) electrons. The van der Waals surface area contributed by atoms with Crippen molar-refractivity contribution in [3.63, 3.8) is 0 Å². The molecule has 0 atom stereocenters. The second kappa shape index (κ2) is 32.8. The van der Waals surface area contributed by atoms with Gasteiger partial charge in [-0.2, -0.15) is 22.8 Å². The second-order valence-corrected chi connectivity index (χ2v) is 37.5. The molecule has 0 unspecified atom stereocenters. The van der Waals surface area contributed by atoms with Crippen LogP contribution in [0.5, 0.6) is 0 Å². The van der Waals surface area contributed by atoms with Crippen LogP contribution in [-0.2, 0) is 35.2 Å². The molecule has 15 aromatic carbocycles. The first kappa shape index (κ1) is 81.5. The highest BCUT2D eigenvalue weighted by Crippen LogP contribution is 2.47. The van der Waals surface area contributed by atoms with E-state index in [1.165, 1.54) is 188 Å². The highest BCUT2D eigenvalue weighted by molar-refractivity contribution is 7.26. The first-order chi connectivity index (χ1) is 63.9. The molecule has 9 nitrogen and oxygen atoms in total. The summed E-state index contributed by atoms with van der Waals surface area (Å²) in [5.41, 5.74) is 28.5. The summed E-state index contributed by atoms with van der Waals surface area (Å²) in [6, 6.07) is 112. The van der Waals surface area contributed by atoms with E-state index in [2.05, 4.69) is 460 Å². The lowest BCUT2D eigenvalue weighted by Crippen LogP contribution is -2.31. The van der Waals surface area contributed by atoms with Crippen molar-refractivity contribution in [3.05, 3.63) is 390 Å². The van der Waals surface area contributed by atoms with E-state index < -0.39 is 0 Å². The van der Waals surface area contributed by atoms with E-state index in [1.807, 2.05) is 22.7 Å². The Labute approximate surface area is 766 Å². The lowest BCUT2D eigenvalue weighted by molar-refractivity contribution is -0.659. The molecule has 0 amide bonds. The molecule has 0 fully saturated rings. The molecule has 11 aromatic heterocycles. The molecule has 131 heavy (non-hydrogen) atoms. The molecule has 0 spiro atoms. The van der Waals surface area contributed by atoms with Crippen LogP contribution in [0.1, 0.15) is 43.8 Å². The van der Waals surface area contributed by atoms with Gasteiger partial charge in [0.1, 0.15) is 57.6 Å². The minimum Gasteiger partial charge on any atom is -0.448 e. The molecule has 0 saturated heterocycles. The number of thiophene rings is 2. The van der Waals surface area contributed by atoms with Crippen molar-refractivity contribution >= 4 is 195 Å². The standard InChI is InChI=1S/C25H18NS2.3C24H20NO.C23H18NO/c1-15-24(19-9-5-6-10-22(19)27-15)21-13-20-18-12-11-16-7-3-4-8-17(16)25(18)28-23(20)14-26(21)2;1-15-8-4-6-10-18(15)22-24-21(16(2)14-25(22)3)20-13-12-17-9-5-7-11-19(17)23(20)26-24;1-15-8-10-18(16(2)14-15)22-24-21(12-13-25(22)3)20-11-9-17-6-4-5-7-19(17)23(20)26-24;1-15-8-10-19-17(14-15)9-11-20-21-12-13-25(3)22(24(21)26-23(19)20)18-7-5-4-6-16(18)2;1-15-7-3-5-9-17(15)21-23-20(13-14-24(21)2)19-12-11-16-8-4-6-10-18(16)22(19)25-23/h3-14H,1-2H3;3*4-14H,1-3H3;3-14H,1-2H3/q5*+1. The normalized spacial score (nSPS) is 11.7. The van der Waals surface area contributed by atoms with Gasteiger partial charge in [0, 0.05) is 125 Å². The Morgan fingerprint density at radius 3 is 1.08 bits per heavy atom. The maximum Gasteiger partial charge on any atom is 0.256 e. The van der Waals surface area contributed by atoms with Crippen LogP contribution in [0, 0.1) is 55.4 Å². The Bertz CT molecular complexity index is 9190. The largest absolute Gasteiger partial charge is 0.448 e. The zero-order chi connectivity index (χ0) is 89.3. The van der Waals surface area contributed by atoms with Crippen molar-refractivity contribution in [2.75, 3.05) is 0 Å². The maximum absolute atomic E-state index is 6.55.